The molecule has 0 saturated heterocycles. The van der Waals surface area contributed by atoms with Crippen LogP contribution in [0.1, 0.15) is 66.4 Å². The number of aryl methyl sites for hydroxylation is 1. The lowest BCUT2D eigenvalue weighted by atomic mass is 9.70. The average Bonchev–Trinajstić information content (AvgIpc) is 3.02. The summed E-state index contributed by atoms with van der Waals surface area (Å²) in [6, 6.07) is 11.0. The van der Waals surface area contributed by atoms with Crippen LogP contribution in [0.15, 0.2) is 36.4 Å². The molecule has 1 fully saturated rings. The van der Waals surface area contributed by atoms with Gasteiger partial charge in [-0.25, -0.2) is 21.6 Å². The Morgan fingerprint density at radius 3 is 2.60 bits per heavy atom. The maximum Gasteiger partial charge on any atom is 0.264 e. The number of sulfone groups is 1. The predicted octanol–water partition coefficient (Wildman–Crippen LogP) is 4.25. The number of hydrogen-bond donors (Lipinski definition) is 1. The Bertz CT molecular complexity index is 1540. The molecule has 6 rings (SSSR count). The summed E-state index contributed by atoms with van der Waals surface area (Å²) in [6.45, 7) is 1.56. The number of carbonyl (C=O) groups is 1. The zero-order chi connectivity index (χ0) is 28.1. The third-order valence-electron chi connectivity index (χ3n) is 9.15. The smallest absolute Gasteiger partial charge is 0.264 e. The molecular formula is C29H35ClN2O6S2. The number of amides is 1. The molecule has 1 spiro atoms. The fourth-order valence-corrected chi connectivity index (χ4v) is 10.4. The number of benzene rings is 2. The molecule has 8 nitrogen and oxygen atoms in total. The van der Waals surface area contributed by atoms with Crippen molar-refractivity contribution in [3.8, 4) is 5.75 Å². The second-order valence-corrected chi connectivity index (χ2v) is 16.5. The molecule has 40 heavy (non-hydrogen) atoms. The quantitative estimate of drug-likeness (QED) is 0.477. The Morgan fingerprint density at radius 1 is 0.975 bits per heavy atom. The molecule has 0 radical (unpaired) electrons. The molecule has 2 aliphatic heterocycles. The standard InChI is InChI=1S/C29H35ClN2O6S2/c30-23-8-9-24-20(15-23)5-4-12-29(24)18-32-17-22-7-11-27(22)39(34,35)13-2-1-3-14-40(36,37)31-28(33)21-6-10-26(38-19-29)25(32)16-21/h6,8-10,15-16,22,27H,1-5,7,11-14,17-19H2,(H,31,33)/t22-,27-,29-/m0/s1. The summed E-state index contributed by atoms with van der Waals surface area (Å²) < 4.78 is 60.5. The first-order valence-electron chi connectivity index (χ1n) is 14.1. The van der Waals surface area contributed by atoms with Crippen molar-refractivity contribution < 1.29 is 26.4 Å². The van der Waals surface area contributed by atoms with Crippen LogP contribution in [0.2, 0.25) is 5.02 Å². The van der Waals surface area contributed by atoms with E-state index in [0.29, 0.717) is 61.8 Å². The van der Waals surface area contributed by atoms with Crippen molar-refractivity contribution in [2.24, 2.45) is 5.92 Å². The largest absolute Gasteiger partial charge is 0.490 e. The summed E-state index contributed by atoms with van der Waals surface area (Å²) in [6.07, 6.45) is 5.48. The van der Waals surface area contributed by atoms with Gasteiger partial charge in [-0.1, -0.05) is 24.1 Å². The van der Waals surface area contributed by atoms with E-state index in [4.69, 9.17) is 16.3 Å². The van der Waals surface area contributed by atoms with Gasteiger partial charge in [0.15, 0.2) is 9.84 Å². The number of fused-ring (bicyclic) bond motifs is 4. The van der Waals surface area contributed by atoms with Gasteiger partial charge in [-0.2, -0.15) is 0 Å². The number of ether oxygens (including phenoxy) is 1. The van der Waals surface area contributed by atoms with Gasteiger partial charge in [0.1, 0.15) is 5.75 Å². The molecule has 4 aliphatic rings. The summed E-state index contributed by atoms with van der Waals surface area (Å²) in [5.41, 5.74) is 3.00. The predicted molar refractivity (Wildman–Crippen MR) is 156 cm³/mol. The van der Waals surface area contributed by atoms with Crippen LogP contribution in [0.4, 0.5) is 5.69 Å². The maximum atomic E-state index is 13.3. The third kappa shape index (κ3) is 5.34. The van der Waals surface area contributed by atoms with Gasteiger partial charge >= 0.3 is 0 Å². The summed E-state index contributed by atoms with van der Waals surface area (Å²) in [4.78, 5) is 15.2. The molecule has 2 bridgehead atoms. The monoisotopic (exact) mass is 606 g/mol. The zero-order valence-corrected chi connectivity index (χ0v) is 24.8. The highest BCUT2D eigenvalue weighted by Gasteiger charge is 2.45. The third-order valence-corrected chi connectivity index (χ3v) is 13.1. The van der Waals surface area contributed by atoms with Crippen molar-refractivity contribution in [1.29, 1.82) is 0 Å². The first kappa shape index (κ1) is 27.8. The van der Waals surface area contributed by atoms with E-state index in [1.165, 1.54) is 11.1 Å². The van der Waals surface area contributed by atoms with Gasteiger partial charge in [-0.05, 0) is 92.3 Å². The maximum absolute atomic E-state index is 13.3. The van der Waals surface area contributed by atoms with Crippen molar-refractivity contribution in [3.05, 3.63) is 58.1 Å². The molecule has 1 amide bonds. The van der Waals surface area contributed by atoms with Crippen molar-refractivity contribution >= 4 is 43.1 Å². The molecule has 0 unspecified atom stereocenters. The molecule has 2 aromatic rings. The lowest BCUT2D eigenvalue weighted by Gasteiger charge is -2.44. The SMILES string of the molecule is O=C1NS(=O)(=O)CCCCCS(=O)(=O)[C@H]2CC[C@H]2CN2C[C@@]3(CCCc4cc(Cl)ccc43)COc3ccc1cc32. The lowest BCUT2D eigenvalue weighted by Crippen LogP contribution is -2.51. The number of nitrogens with one attached hydrogen (secondary N) is 1. The topological polar surface area (TPSA) is 110 Å². The van der Waals surface area contributed by atoms with E-state index in [1.54, 1.807) is 18.2 Å². The van der Waals surface area contributed by atoms with E-state index in [0.717, 1.165) is 25.7 Å². The Balaban J connectivity index is 1.43. The van der Waals surface area contributed by atoms with Gasteiger partial charge in [0.05, 0.1) is 29.0 Å². The molecule has 2 aliphatic carbocycles. The molecule has 2 heterocycles. The highest BCUT2D eigenvalue weighted by atomic mass is 35.5. The zero-order valence-electron chi connectivity index (χ0n) is 22.4. The van der Waals surface area contributed by atoms with Gasteiger partial charge in [-0.15, -0.1) is 0 Å². The van der Waals surface area contributed by atoms with Crippen LogP contribution in [0.25, 0.3) is 0 Å². The van der Waals surface area contributed by atoms with Crippen LogP contribution >= 0.6 is 11.6 Å². The van der Waals surface area contributed by atoms with E-state index in [-0.39, 0.29) is 28.4 Å². The minimum absolute atomic E-state index is 0.0213. The lowest BCUT2D eigenvalue weighted by molar-refractivity contribution is 0.0981. The van der Waals surface area contributed by atoms with E-state index in [2.05, 4.69) is 15.7 Å². The molecule has 11 heteroatoms. The van der Waals surface area contributed by atoms with Crippen molar-refractivity contribution in [2.45, 2.75) is 62.0 Å². The molecule has 2 aromatic carbocycles. The molecule has 1 saturated carbocycles. The van der Waals surface area contributed by atoms with Crippen molar-refractivity contribution in [1.82, 2.24) is 4.72 Å². The van der Waals surface area contributed by atoms with E-state index >= 15 is 0 Å². The Hall–Kier alpha value is -2.30. The van der Waals surface area contributed by atoms with Crippen LogP contribution in [0, 0.1) is 5.92 Å². The Morgan fingerprint density at radius 2 is 1.80 bits per heavy atom. The van der Waals surface area contributed by atoms with E-state index < -0.39 is 31.0 Å². The Kier molecular flexibility index (Phi) is 7.32. The normalized spacial score (nSPS) is 29.6. The minimum atomic E-state index is -3.85. The van der Waals surface area contributed by atoms with Crippen molar-refractivity contribution in [3.63, 3.8) is 0 Å². The highest BCUT2D eigenvalue weighted by molar-refractivity contribution is 7.92. The highest BCUT2D eigenvalue weighted by Crippen LogP contribution is 2.46. The van der Waals surface area contributed by atoms with Gasteiger partial charge in [0.25, 0.3) is 5.91 Å². The first-order valence-corrected chi connectivity index (χ1v) is 17.9. The van der Waals surface area contributed by atoms with Crippen LogP contribution < -0.4 is 14.4 Å². The average molecular weight is 607 g/mol. The molecule has 216 valence electrons. The molecule has 0 aromatic heterocycles. The summed E-state index contributed by atoms with van der Waals surface area (Å²) in [5, 5.41) is 0.295. The number of halogens is 1. The Labute approximate surface area is 241 Å². The first-order chi connectivity index (χ1) is 19.1. The number of anilines is 1. The summed E-state index contributed by atoms with van der Waals surface area (Å²) >= 11 is 6.35. The molecule has 1 N–H and O–H groups in total. The summed E-state index contributed by atoms with van der Waals surface area (Å²) in [5.74, 6) is -0.251. The van der Waals surface area contributed by atoms with Gasteiger partial charge in [-0.3, -0.25) is 4.79 Å². The van der Waals surface area contributed by atoms with Crippen LogP contribution in [0.5, 0.6) is 5.75 Å². The fourth-order valence-electron chi connectivity index (χ4n) is 6.93. The fraction of sp³-hybridized carbons (Fsp3) is 0.552. The minimum Gasteiger partial charge on any atom is -0.490 e. The van der Waals surface area contributed by atoms with Gasteiger partial charge in [0.2, 0.25) is 10.0 Å². The second-order valence-electron chi connectivity index (χ2n) is 11.8. The van der Waals surface area contributed by atoms with Crippen molar-refractivity contribution in [2.75, 3.05) is 36.1 Å². The summed E-state index contributed by atoms with van der Waals surface area (Å²) in [7, 11) is -7.16. The van der Waals surface area contributed by atoms with Crippen LogP contribution in [0.3, 0.4) is 0 Å². The molecular weight excluding hydrogens is 572 g/mol. The number of carbonyl (C=O) groups excluding carboxylic acids is 1. The number of sulfonamides is 1. The number of rotatable bonds is 0. The van der Waals surface area contributed by atoms with Crippen LogP contribution in [-0.2, 0) is 31.7 Å². The number of nitrogens with zero attached hydrogens (tertiary/aromatic N) is 1. The second kappa shape index (κ2) is 10.5. The van der Waals surface area contributed by atoms with E-state index in [9.17, 15) is 21.6 Å². The number of hydrogen-bond acceptors (Lipinski definition) is 7. The van der Waals surface area contributed by atoms with E-state index in [1.807, 2.05) is 12.1 Å². The molecule has 3 atom stereocenters. The van der Waals surface area contributed by atoms with Gasteiger partial charge in [0, 0.05) is 29.1 Å². The van der Waals surface area contributed by atoms with Crippen LogP contribution in [-0.4, -0.2) is 59.2 Å². The van der Waals surface area contributed by atoms with Gasteiger partial charge < -0.3 is 9.64 Å².